The molecule has 4 fully saturated rings. The molecular weight excluding hydrogens is 416 g/mol. The van der Waals surface area contributed by atoms with E-state index in [4.69, 9.17) is 14.5 Å². The van der Waals surface area contributed by atoms with E-state index in [0.717, 1.165) is 47.7 Å². The monoisotopic (exact) mass is 450 g/mol. The van der Waals surface area contributed by atoms with Gasteiger partial charge in [0.1, 0.15) is 11.9 Å². The highest BCUT2D eigenvalue weighted by Gasteiger charge is 2.43. The second kappa shape index (κ2) is 7.95. The average Bonchev–Trinajstić information content (AvgIpc) is 3.67. The van der Waals surface area contributed by atoms with Crippen molar-refractivity contribution in [1.29, 1.82) is 5.26 Å². The molecule has 2 saturated carbocycles. The van der Waals surface area contributed by atoms with Crippen molar-refractivity contribution in [3.63, 3.8) is 0 Å². The van der Waals surface area contributed by atoms with E-state index in [1.807, 2.05) is 0 Å². The number of aromatic nitrogens is 1. The van der Waals surface area contributed by atoms with Gasteiger partial charge in [0, 0.05) is 49.9 Å². The Morgan fingerprint density at radius 3 is 2.61 bits per heavy atom. The molecule has 5 aliphatic rings. The molecule has 0 radical (unpaired) electrons. The van der Waals surface area contributed by atoms with Gasteiger partial charge in [-0.3, -0.25) is 4.79 Å². The Morgan fingerprint density at radius 1 is 1.18 bits per heavy atom. The molecular formula is C26H34N4O3. The fraction of sp³-hybridized carbons (Fsp3) is 0.731. The third-order valence-corrected chi connectivity index (χ3v) is 8.09. The van der Waals surface area contributed by atoms with Crippen LogP contribution in [0.1, 0.15) is 74.3 Å². The first-order valence-corrected chi connectivity index (χ1v) is 12.7. The normalized spacial score (nSPS) is 27.0. The lowest BCUT2D eigenvalue weighted by molar-refractivity contribution is -0.139. The van der Waals surface area contributed by atoms with Crippen LogP contribution in [-0.2, 0) is 27.3 Å². The molecule has 1 aromatic heterocycles. The summed E-state index contributed by atoms with van der Waals surface area (Å²) in [6.07, 6.45) is 6.07. The Hall–Kier alpha value is -2.17. The molecule has 0 bridgehead atoms. The zero-order chi connectivity index (χ0) is 22.7. The van der Waals surface area contributed by atoms with Gasteiger partial charge >= 0.3 is 0 Å². The maximum atomic E-state index is 13.1. The molecule has 1 aromatic rings. The lowest BCUT2D eigenvalue weighted by Crippen LogP contribution is -2.57. The van der Waals surface area contributed by atoms with Crippen molar-refractivity contribution < 1.29 is 14.3 Å². The van der Waals surface area contributed by atoms with Crippen LogP contribution in [0.4, 0.5) is 5.82 Å². The quantitative estimate of drug-likeness (QED) is 0.686. The van der Waals surface area contributed by atoms with Gasteiger partial charge in [-0.05, 0) is 51.0 Å². The summed E-state index contributed by atoms with van der Waals surface area (Å²) in [5, 5.41) is 10.2. The third kappa shape index (κ3) is 4.02. The summed E-state index contributed by atoms with van der Waals surface area (Å²) in [4.78, 5) is 22.7. The number of rotatable bonds is 5. The molecule has 1 unspecified atom stereocenters. The van der Waals surface area contributed by atoms with Crippen LogP contribution in [0.2, 0.25) is 0 Å². The maximum Gasteiger partial charge on any atom is 0.223 e. The molecule has 1 atom stereocenters. The molecule has 0 aromatic carbocycles. The minimum atomic E-state index is -0.273. The highest BCUT2D eigenvalue weighted by atomic mass is 16.5. The van der Waals surface area contributed by atoms with Crippen molar-refractivity contribution in [2.75, 3.05) is 37.7 Å². The summed E-state index contributed by atoms with van der Waals surface area (Å²) in [6, 6.07) is 2.75. The number of piperazine rings is 1. The molecule has 4 heterocycles. The van der Waals surface area contributed by atoms with E-state index in [9.17, 15) is 10.1 Å². The van der Waals surface area contributed by atoms with Crippen molar-refractivity contribution in [2.24, 2.45) is 11.8 Å². The van der Waals surface area contributed by atoms with Crippen molar-refractivity contribution in [1.82, 2.24) is 9.88 Å². The zero-order valence-electron chi connectivity index (χ0n) is 19.8. The van der Waals surface area contributed by atoms with E-state index < -0.39 is 0 Å². The number of amides is 1. The van der Waals surface area contributed by atoms with Crippen LogP contribution in [0.25, 0.3) is 0 Å². The zero-order valence-corrected chi connectivity index (χ0v) is 19.8. The van der Waals surface area contributed by atoms with E-state index in [1.165, 1.54) is 25.7 Å². The van der Waals surface area contributed by atoms with Crippen LogP contribution >= 0.6 is 0 Å². The van der Waals surface area contributed by atoms with Crippen LogP contribution in [0.3, 0.4) is 0 Å². The fourth-order valence-electron chi connectivity index (χ4n) is 5.78. The number of hydrogen-bond donors (Lipinski definition) is 0. The molecule has 7 heteroatoms. The second-order valence-corrected chi connectivity index (χ2v) is 11.3. The van der Waals surface area contributed by atoms with E-state index in [-0.39, 0.29) is 17.6 Å². The SMILES string of the molecule is CC1(C)Cc2c(C#N)c(N3CCN(C(=O)CC4COC4)C(C4CC4)C3)nc(C3CC3)c2CO1. The first kappa shape index (κ1) is 21.4. The van der Waals surface area contributed by atoms with E-state index in [0.29, 0.717) is 50.5 Å². The van der Waals surface area contributed by atoms with Crippen molar-refractivity contribution in [3.05, 3.63) is 22.4 Å². The average molecular weight is 451 g/mol. The Bertz CT molecular complexity index is 1000. The summed E-state index contributed by atoms with van der Waals surface area (Å²) in [6.45, 7) is 8.42. The van der Waals surface area contributed by atoms with Gasteiger partial charge in [0.2, 0.25) is 5.91 Å². The number of ether oxygens (including phenoxy) is 2. The van der Waals surface area contributed by atoms with E-state index in [1.54, 1.807) is 0 Å². The van der Waals surface area contributed by atoms with Gasteiger partial charge in [0.15, 0.2) is 0 Å². The molecule has 6 rings (SSSR count). The van der Waals surface area contributed by atoms with Gasteiger partial charge in [0.25, 0.3) is 0 Å². The predicted molar refractivity (Wildman–Crippen MR) is 123 cm³/mol. The minimum Gasteiger partial charge on any atom is -0.381 e. The fourth-order valence-corrected chi connectivity index (χ4v) is 5.78. The standard InChI is InChI=1S/C26H34N4O3/c1-26(2)10-19-20(11-27)25(28-24(18-5-6-18)21(19)15-33-26)29-7-8-30(22(12-29)17-3-4-17)23(31)9-16-13-32-14-16/h16-18,22H,3-10,12-15H2,1-2H3. The lowest BCUT2D eigenvalue weighted by Gasteiger charge is -2.44. The largest absolute Gasteiger partial charge is 0.381 e. The Kier molecular flexibility index (Phi) is 5.15. The molecule has 7 nitrogen and oxygen atoms in total. The Labute approximate surface area is 196 Å². The van der Waals surface area contributed by atoms with Crippen LogP contribution in [0.15, 0.2) is 0 Å². The van der Waals surface area contributed by atoms with Crippen molar-refractivity contribution >= 4 is 11.7 Å². The van der Waals surface area contributed by atoms with Gasteiger partial charge in [-0.1, -0.05) is 0 Å². The maximum absolute atomic E-state index is 13.1. The second-order valence-electron chi connectivity index (χ2n) is 11.3. The smallest absolute Gasteiger partial charge is 0.223 e. The van der Waals surface area contributed by atoms with Crippen LogP contribution in [0.5, 0.6) is 0 Å². The Balaban J connectivity index is 1.31. The minimum absolute atomic E-state index is 0.223. The third-order valence-electron chi connectivity index (χ3n) is 8.09. The Morgan fingerprint density at radius 2 is 1.97 bits per heavy atom. The highest BCUT2D eigenvalue weighted by molar-refractivity contribution is 5.77. The molecule has 2 aliphatic carbocycles. The van der Waals surface area contributed by atoms with Gasteiger partial charge in [0.05, 0.1) is 42.7 Å². The van der Waals surface area contributed by atoms with Gasteiger partial charge in [-0.15, -0.1) is 0 Å². The summed E-state index contributed by atoms with van der Waals surface area (Å²) in [7, 11) is 0. The number of carbonyl (C=O) groups is 1. The molecule has 176 valence electrons. The number of hydrogen-bond acceptors (Lipinski definition) is 6. The van der Waals surface area contributed by atoms with Crippen LogP contribution < -0.4 is 4.90 Å². The number of pyridine rings is 1. The number of anilines is 1. The molecule has 33 heavy (non-hydrogen) atoms. The number of nitriles is 1. The summed E-state index contributed by atoms with van der Waals surface area (Å²) < 4.78 is 11.4. The van der Waals surface area contributed by atoms with Gasteiger partial charge < -0.3 is 19.3 Å². The van der Waals surface area contributed by atoms with E-state index in [2.05, 4.69) is 29.7 Å². The number of fused-ring (bicyclic) bond motifs is 1. The molecule has 3 aliphatic heterocycles. The number of carbonyl (C=O) groups excluding carboxylic acids is 1. The topological polar surface area (TPSA) is 78.7 Å². The van der Waals surface area contributed by atoms with Crippen LogP contribution in [-0.4, -0.2) is 60.3 Å². The first-order chi connectivity index (χ1) is 15.9. The van der Waals surface area contributed by atoms with Crippen molar-refractivity contribution in [2.45, 2.75) is 76.5 Å². The summed E-state index contributed by atoms with van der Waals surface area (Å²) in [5.74, 6) is 2.58. The van der Waals surface area contributed by atoms with Gasteiger partial charge in [-0.2, -0.15) is 5.26 Å². The number of nitrogens with zero attached hydrogens (tertiary/aromatic N) is 4. The molecule has 2 saturated heterocycles. The van der Waals surface area contributed by atoms with Crippen molar-refractivity contribution in [3.8, 4) is 6.07 Å². The molecule has 1 amide bonds. The van der Waals surface area contributed by atoms with E-state index >= 15 is 0 Å². The first-order valence-electron chi connectivity index (χ1n) is 12.7. The molecule has 0 N–H and O–H groups in total. The molecule has 0 spiro atoms. The van der Waals surface area contributed by atoms with Crippen LogP contribution in [0, 0.1) is 23.2 Å². The predicted octanol–water partition coefficient (Wildman–Crippen LogP) is 3.15. The summed E-state index contributed by atoms with van der Waals surface area (Å²) in [5.41, 5.74) is 3.91. The summed E-state index contributed by atoms with van der Waals surface area (Å²) >= 11 is 0. The van der Waals surface area contributed by atoms with Gasteiger partial charge in [-0.25, -0.2) is 4.98 Å². The highest BCUT2D eigenvalue weighted by Crippen LogP contribution is 2.46. The lowest BCUT2D eigenvalue weighted by atomic mass is 9.87.